The van der Waals surface area contributed by atoms with E-state index in [0.29, 0.717) is 21.3 Å². The van der Waals surface area contributed by atoms with E-state index in [1.165, 1.54) is 29.2 Å². The zero-order chi connectivity index (χ0) is 19.6. The summed E-state index contributed by atoms with van der Waals surface area (Å²) >= 11 is 1.14. The maximum atomic E-state index is 12.4. The van der Waals surface area contributed by atoms with Crippen LogP contribution in [-0.2, 0) is 4.79 Å². The van der Waals surface area contributed by atoms with Crippen molar-refractivity contribution in [2.75, 3.05) is 7.05 Å². The van der Waals surface area contributed by atoms with E-state index >= 15 is 0 Å². The van der Waals surface area contributed by atoms with Gasteiger partial charge in [-0.15, -0.1) is 0 Å². The Labute approximate surface area is 158 Å². The number of nitrogens with zero attached hydrogens (tertiary/aromatic N) is 3. The Kier molecular flexibility index (Phi) is 5.04. The lowest BCUT2D eigenvalue weighted by Crippen LogP contribution is -2.23. The molecule has 0 aromatic heterocycles. The van der Waals surface area contributed by atoms with Crippen LogP contribution in [0.15, 0.2) is 58.4 Å². The molecular weight excluding hydrogens is 370 g/mol. The second-order valence-electron chi connectivity index (χ2n) is 5.57. The number of aromatic carboxylic acids is 1. The number of nitro groups is 1. The molecule has 1 N–H and O–H groups in total. The van der Waals surface area contributed by atoms with Crippen molar-refractivity contribution in [2.45, 2.75) is 0 Å². The van der Waals surface area contributed by atoms with Crippen molar-refractivity contribution in [3.8, 4) is 0 Å². The van der Waals surface area contributed by atoms with Gasteiger partial charge in [-0.2, -0.15) is 0 Å². The highest BCUT2D eigenvalue weighted by molar-refractivity contribution is 8.18. The van der Waals surface area contributed by atoms with Gasteiger partial charge in [0.25, 0.3) is 11.6 Å². The lowest BCUT2D eigenvalue weighted by molar-refractivity contribution is -0.384. The van der Waals surface area contributed by atoms with Gasteiger partial charge in [0.15, 0.2) is 5.17 Å². The average molecular weight is 383 g/mol. The molecule has 9 heteroatoms. The molecule has 0 radical (unpaired) electrons. The minimum atomic E-state index is -1.03. The fraction of sp³-hybridized carbons (Fsp3) is 0.0556. The third-order valence-corrected chi connectivity index (χ3v) is 4.78. The number of thioether (sulfide) groups is 1. The molecule has 3 rings (SSSR count). The molecule has 1 aliphatic heterocycles. The maximum absolute atomic E-state index is 12.4. The fourth-order valence-corrected chi connectivity index (χ4v) is 3.31. The number of carbonyl (C=O) groups excluding carboxylic acids is 1. The highest BCUT2D eigenvalue weighted by atomic mass is 32.2. The van der Waals surface area contributed by atoms with Crippen LogP contribution in [-0.4, -0.2) is 39.0 Å². The van der Waals surface area contributed by atoms with Gasteiger partial charge in [-0.05, 0) is 47.7 Å². The standard InChI is InChI=1S/C18H13N3O5S/c1-20-16(22)15(10-11-3-2-4-14(9-11)21(25)26)27-18(20)19-13-7-5-12(6-8-13)17(23)24/h2-10H,1H3,(H,23,24)/b15-10+,19-18?. The molecule has 1 fully saturated rings. The van der Waals surface area contributed by atoms with E-state index in [2.05, 4.69) is 4.99 Å². The molecule has 136 valence electrons. The van der Waals surface area contributed by atoms with E-state index in [1.54, 1.807) is 37.4 Å². The predicted octanol–water partition coefficient (Wildman–Crippen LogP) is 3.53. The summed E-state index contributed by atoms with van der Waals surface area (Å²) in [6.07, 6.45) is 1.58. The fourth-order valence-electron chi connectivity index (χ4n) is 2.32. The smallest absolute Gasteiger partial charge is 0.335 e. The van der Waals surface area contributed by atoms with Gasteiger partial charge < -0.3 is 5.11 Å². The molecular formula is C18H13N3O5S. The van der Waals surface area contributed by atoms with E-state index in [0.717, 1.165) is 11.8 Å². The van der Waals surface area contributed by atoms with Crippen molar-refractivity contribution in [1.82, 2.24) is 4.90 Å². The number of carboxylic acids is 1. The van der Waals surface area contributed by atoms with Crippen molar-refractivity contribution in [3.05, 3.63) is 74.7 Å². The van der Waals surface area contributed by atoms with Crippen molar-refractivity contribution in [3.63, 3.8) is 0 Å². The maximum Gasteiger partial charge on any atom is 0.335 e. The molecule has 0 aliphatic carbocycles. The summed E-state index contributed by atoms with van der Waals surface area (Å²) in [7, 11) is 1.58. The molecule has 2 aromatic carbocycles. The molecule has 1 heterocycles. The van der Waals surface area contributed by atoms with Crippen LogP contribution < -0.4 is 0 Å². The largest absolute Gasteiger partial charge is 0.478 e. The third-order valence-electron chi connectivity index (χ3n) is 3.72. The van der Waals surface area contributed by atoms with Crippen LogP contribution in [0.3, 0.4) is 0 Å². The quantitative estimate of drug-likeness (QED) is 0.491. The first-order chi connectivity index (χ1) is 12.8. The van der Waals surface area contributed by atoms with Crippen molar-refractivity contribution >= 4 is 46.3 Å². The SMILES string of the molecule is CN1C(=O)/C(=C\c2cccc([N+](=O)[O-])c2)SC1=Nc1ccc(C(=O)O)cc1. The third kappa shape index (κ3) is 4.04. The van der Waals surface area contributed by atoms with Crippen LogP contribution in [0, 0.1) is 10.1 Å². The molecule has 1 aliphatic rings. The van der Waals surface area contributed by atoms with Gasteiger partial charge in [0, 0.05) is 19.2 Å². The molecule has 2 aromatic rings. The molecule has 27 heavy (non-hydrogen) atoms. The molecule has 1 saturated heterocycles. The van der Waals surface area contributed by atoms with Crippen LogP contribution in [0.5, 0.6) is 0 Å². The Morgan fingerprint density at radius 3 is 2.59 bits per heavy atom. The van der Waals surface area contributed by atoms with Crippen molar-refractivity contribution < 1.29 is 19.6 Å². The summed E-state index contributed by atoms with van der Waals surface area (Å²) in [5, 5.41) is 20.2. The van der Waals surface area contributed by atoms with Gasteiger partial charge in [0.2, 0.25) is 0 Å². The molecule has 0 atom stereocenters. The van der Waals surface area contributed by atoms with Gasteiger partial charge >= 0.3 is 5.97 Å². The van der Waals surface area contributed by atoms with E-state index in [-0.39, 0.29) is 17.2 Å². The summed E-state index contributed by atoms with van der Waals surface area (Å²) in [6, 6.07) is 12.0. The van der Waals surface area contributed by atoms with E-state index in [4.69, 9.17) is 5.11 Å². The molecule has 0 saturated carbocycles. The Hall–Kier alpha value is -3.46. The second kappa shape index (κ2) is 7.42. The van der Waals surface area contributed by atoms with Gasteiger partial charge in [0.05, 0.1) is 21.1 Å². The van der Waals surface area contributed by atoms with Crippen molar-refractivity contribution in [2.24, 2.45) is 4.99 Å². The first kappa shape index (κ1) is 18.3. The number of nitro benzene ring substituents is 1. The Morgan fingerprint density at radius 1 is 1.26 bits per heavy atom. The first-order valence-electron chi connectivity index (χ1n) is 7.69. The molecule has 0 spiro atoms. The number of amides is 1. The monoisotopic (exact) mass is 383 g/mol. The number of carbonyl (C=O) groups is 2. The Balaban J connectivity index is 1.87. The summed E-state index contributed by atoms with van der Waals surface area (Å²) < 4.78 is 0. The van der Waals surface area contributed by atoms with E-state index in [9.17, 15) is 19.7 Å². The Bertz CT molecular complexity index is 998. The average Bonchev–Trinajstić information content (AvgIpc) is 2.90. The molecule has 0 unspecified atom stereocenters. The zero-order valence-electron chi connectivity index (χ0n) is 14.0. The van der Waals surface area contributed by atoms with Crippen LogP contribution in [0.2, 0.25) is 0 Å². The minimum Gasteiger partial charge on any atom is -0.478 e. The molecule has 1 amide bonds. The number of likely N-dealkylation sites (N-methyl/N-ethyl adjacent to an activating group) is 1. The number of amidine groups is 1. The lowest BCUT2D eigenvalue weighted by Gasteiger charge is -2.07. The topological polar surface area (TPSA) is 113 Å². The number of carboxylic acid groups (broad SMARTS) is 1. The molecule has 0 bridgehead atoms. The van der Waals surface area contributed by atoms with Crippen LogP contribution in [0.1, 0.15) is 15.9 Å². The van der Waals surface area contributed by atoms with Crippen molar-refractivity contribution in [1.29, 1.82) is 0 Å². The highest BCUT2D eigenvalue weighted by Crippen LogP contribution is 2.33. The number of hydrogen-bond donors (Lipinski definition) is 1. The first-order valence-corrected chi connectivity index (χ1v) is 8.51. The van der Waals surface area contributed by atoms with E-state index in [1.807, 2.05) is 0 Å². The molecule has 8 nitrogen and oxygen atoms in total. The predicted molar refractivity (Wildman–Crippen MR) is 102 cm³/mol. The minimum absolute atomic E-state index is 0.0550. The van der Waals surface area contributed by atoms with Crippen LogP contribution in [0.25, 0.3) is 6.08 Å². The highest BCUT2D eigenvalue weighted by Gasteiger charge is 2.30. The summed E-state index contributed by atoms with van der Waals surface area (Å²) in [5.41, 5.74) is 1.15. The van der Waals surface area contributed by atoms with Crippen LogP contribution in [0.4, 0.5) is 11.4 Å². The lowest BCUT2D eigenvalue weighted by atomic mass is 10.2. The van der Waals surface area contributed by atoms with Gasteiger partial charge in [-0.3, -0.25) is 19.8 Å². The second-order valence-corrected chi connectivity index (χ2v) is 6.58. The van der Waals surface area contributed by atoms with Gasteiger partial charge in [-0.25, -0.2) is 9.79 Å². The van der Waals surface area contributed by atoms with Gasteiger partial charge in [-0.1, -0.05) is 12.1 Å². The number of hydrogen-bond acceptors (Lipinski definition) is 6. The zero-order valence-corrected chi connectivity index (χ0v) is 14.8. The summed E-state index contributed by atoms with van der Waals surface area (Å²) in [6.45, 7) is 0. The Morgan fingerprint density at radius 2 is 1.96 bits per heavy atom. The normalized spacial score (nSPS) is 16.9. The number of rotatable bonds is 4. The number of benzene rings is 2. The number of non-ortho nitro benzene ring substituents is 1. The number of aliphatic imine (C=N–C) groups is 1. The summed E-state index contributed by atoms with van der Waals surface area (Å²) in [4.78, 5) is 39.8. The summed E-state index contributed by atoms with van der Waals surface area (Å²) in [5.74, 6) is -1.30. The van der Waals surface area contributed by atoms with Crippen LogP contribution >= 0.6 is 11.8 Å². The van der Waals surface area contributed by atoms with Gasteiger partial charge in [0.1, 0.15) is 0 Å². The van der Waals surface area contributed by atoms with E-state index < -0.39 is 10.9 Å².